The third-order valence-corrected chi connectivity index (χ3v) is 3.72. The van der Waals surface area contributed by atoms with Gasteiger partial charge in [-0.25, -0.2) is 0 Å². The van der Waals surface area contributed by atoms with E-state index >= 15 is 0 Å². The number of nitro benzene ring substituents is 1. The smallest absolute Gasteiger partial charge is 0.383 e. The van der Waals surface area contributed by atoms with Gasteiger partial charge in [0.15, 0.2) is 0 Å². The molecule has 1 heterocycles. The Morgan fingerprint density at radius 1 is 1.35 bits per heavy atom. The molecule has 1 aliphatic carbocycles. The van der Waals surface area contributed by atoms with E-state index in [-0.39, 0.29) is 17.0 Å². The fraction of sp³-hybridized carbons (Fsp3) is 0.357. The predicted molar refractivity (Wildman–Crippen MR) is 70.6 cm³/mol. The highest BCUT2D eigenvalue weighted by atomic mass is 19.4. The second-order valence-corrected chi connectivity index (χ2v) is 5.35. The Morgan fingerprint density at radius 2 is 2.04 bits per heavy atom. The van der Waals surface area contributed by atoms with Gasteiger partial charge in [-0.2, -0.15) is 13.2 Å². The van der Waals surface area contributed by atoms with Crippen LogP contribution in [0.2, 0.25) is 0 Å². The number of hydrogen-bond donors (Lipinski definition) is 1. The van der Waals surface area contributed by atoms with Crippen LogP contribution < -0.4 is 0 Å². The summed E-state index contributed by atoms with van der Waals surface area (Å²) < 4.78 is 43.2. The van der Waals surface area contributed by atoms with Gasteiger partial charge < -0.3 is 9.63 Å². The molecule has 1 fully saturated rings. The molecule has 122 valence electrons. The van der Waals surface area contributed by atoms with Gasteiger partial charge in [-0.1, -0.05) is 5.16 Å². The van der Waals surface area contributed by atoms with Gasteiger partial charge in [0.05, 0.1) is 22.2 Å². The number of alkyl halides is 3. The molecule has 1 atom stereocenters. The minimum atomic E-state index is -4.70. The number of nitrogens with zero attached hydrogens (tertiary/aromatic N) is 2. The van der Waals surface area contributed by atoms with Gasteiger partial charge in [0.2, 0.25) is 0 Å². The normalized spacial score (nSPS) is 16.3. The molecule has 0 radical (unpaired) electrons. The standard InChI is InChI=1S/C14H11F3N2O4/c15-14(16,17)8-3-4-9(11(5-8)19(21)22)12(20)10-6-18-23-13(10)7-1-2-7/h3-7,12,20H,1-2H2. The average Bonchev–Trinajstić information content (AvgIpc) is 3.22. The molecule has 23 heavy (non-hydrogen) atoms. The highest BCUT2D eigenvalue weighted by Crippen LogP contribution is 2.45. The molecule has 1 aliphatic rings. The Bertz CT molecular complexity index is 753. The van der Waals surface area contributed by atoms with E-state index in [1.54, 1.807) is 0 Å². The fourth-order valence-corrected chi connectivity index (χ4v) is 2.39. The maximum absolute atomic E-state index is 12.7. The van der Waals surface area contributed by atoms with Gasteiger partial charge in [0.1, 0.15) is 11.9 Å². The van der Waals surface area contributed by atoms with Crippen LogP contribution >= 0.6 is 0 Å². The summed E-state index contributed by atoms with van der Waals surface area (Å²) in [5, 5.41) is 25.0. The number of nitro groups is 1. The summed E-state index contributed by atoms with van der Waals surface area (Å²) in [5.74, 6) is 0.516. The molecule has 1 N–H and O–H groups in total. The van der Waals surface area contributed by atoms with E-state index in [1.165, 1.54) is 6.20 Å². The zero-order valence-electron chi connectivity index (χ0n) is 11.6. The van der Waals surface area contributed by atoms with E-state index in [1.807, 2.05) is 0 Å². The molecule has 0 saturated heterocycles. The first-order chi connectivity index (χ1) is 10.8. The molecule has 3 rings (SSSR count). The fourth-order valence-electron chi connectivity index (χ4n) is 2.39. The summed E-state index contributed by atoms with van der Waals surface area (Å²) in [6.45, 7) is 0. The first-order valence-corrected chi connectivity index (χ1v) is 6.77. The molecular weight excluding hydrogens is 317 g/mol. The van der Waals surface area contributed by atoms with Crippen LogP contribution in [0.5, 0.6) is 0 Å². The van der Waals surface area contributed by atoms with E-state index in [2.05, 4.69) is 5.16 Å². The summed E-state index contributed by atoms with van der Waals surface area (Å²) in [6, 6.07) is 2.04. The number of aliphatic hydroxyl groups excluding tert-OH is 1. The van der Waals surface area contributed by atoms with Crippen LogP contribution in [0.1, 0.15) is 47.3 Å². The van der Waals surface area contributed by atoms with E-state index in [0.717, 1.165) is 18.9 Å². The third kappa shape index (κ3) is 2.91. The zero-order valence-corrected chi connectivity index (χ0v) is 11.6. The highest BCUT2D eigenvalue weighted by Gasteiger charge is 2.37. The van der Waals surface area contributed by atoms with Crippen molar-refractivity contribution in [2.24, 2.45) is 0 Å². The molecule has 0 bridgehead atoms. The second kappa shape index (κ2) is 5.34. The van der Waals surface area contributed by atoms with Gasteiger partial charge in [-0.05, 0) is 25.0 Å². The van der Waals surface area contributed by atoms with Crippen LogP contribution in [-0.2, 0) is 6.18 Å². The Morgan fingerprint density at radius 3 is 2.61 bits per heavy atom. The Labute approximate surface area is 127 Å². The molecule has 0 amide bonds. The molecule has 6 nitrogen and oxygen atoms in total. The first-order valence-electron chi connectivity index (χ1n) is 6.77. The third-order valence-electron chi connectivity index (χ3n) is 3.72. The molecule has 1 unspecified atom stereocenters. The van der Waals surface area contributed by atoms with Crippen molar-refractivity contribution in [2.45, 2.75) is 31.0 Å². The molecule has 0 spiro atoms. The molecular formula is C14H11F3N2O4. The highest BCUT2D eigenvalue weighted by molar-refractivity contribution is 5.49. The van der Waals surface area contributed by atoms with Crippen molar-refractivity contribution in [1.29, 1.82) is 0 Å². The second-order valence-electron chi connectivity index (χ2n) is 5.35. The van der Waals surface area contributed by atoms with Crippen molar-refractivity contribution >= 4 is 5.69 Å². The van der Waals surface area contributed by atoms with Crippen LogP contribution in [0.4, 0.5) is 18.9 Å². The van der Waals surface area contributed by atoms with Gasteiger partial charge in [-0.15, -0.1) is 0 Å². The molecule has 2 aromatic rings. The maximum Gasteiger partial charge on any atom is 0.416 e. The van der Waals surface area contributed by atoms with E-state index in [0.29, 0.717) is 17.9 Å². The number of rotatable bonds is 4. The topological polar surface area (TPSA) is 89.4 Å². The molecule has 9 heteroatoms. The summed E-state index contributed by atoms with van der Waals surface area (Å²) in [7, 11) is 0. The van der Waals surface area contributed by atoms with Gasteiger partial charge >= 0.3 is 6.18 Å². The lowest BCUT2D eigenvalue weighted by atomic mass is 9.98. The van der Waals surface area contributed by atoms with Crippen LogP contribution in [0.3, 0.4) is 0 Å². The number of aliphatic hydroxyl groups is 1. The zero-order chi connectivity index (χ0) is 16.8. The maximum atomic E-state index is 12.7. The SMILES string of the molecule is O=[N+]([O-])c1cc(C(F)(F)F)ccc1C(O)c1cnoc1C1CC1. The van der Waals surface area contributed by atoms with Gasteiger partial charge in [-0.3, -0.25) is 10.1 Å². The average molecular weight is 328 g/mol. The predicted octanol–water partition coefficient (Wildman–Crippen LogP) is 3.56. The van der Waals surface area contributed by atoms with E-state index in [4.69, 9.17) is 4.52 Å². The Balaban J connectivity index is 2.04. The minimum Gasteiger partial charge on any atom is -0.383 e. The van der Waals surface area contributed by atoms with Gasteiger partial charge in [0, 0.05) is 17.5 Å². The van der Waals surface area contributed by atoms with Crippen molar-refractivity contribution in [3.63, 3.8) is 0 Å². The number of hydrogen-bond acceptors (Lipinski definition) is 5. The lowest BCUT2D eigenvalue weighted by Crippen LogP contribution is -2.09. The summed E-state index contributed by atoms with van der Waals surface area (Å²) >= 11 is 0. The quantitative estimate of drug-likeness (QED) is 0.684. The summed E-state index contributed by atoms with van der Waals surface area (Å²) in [6.07, 6.45) is -3.24. The molecule has 0 aliphatic heterocycles. The van der Waals surface area contributed by atoms with E-state index < -0.39 is 28.5 Å². The van der Waals surface area contributed by atoms with Crippen molar-refractivity contribution in [2.75, 3.05) is 0 Å². The minimum absolute atomic E-state index is 0.0932. The largest absolute Gasteiger partial charge is 0.416 e. The molecule has 1 saturated carbocycles. The lowest BCUT2D eigenvalue weighted by Gasteiger charge is -2.13. The van der Waals surface area contributed by atoms with Crippen LogP contribution in [0.15, 0.2) is 28.9 Å². The summed E-state index contributed by atoms with van der Waals surface area (Å²) in [4.78, 5) is 10.1. The van der Waals surface area contributed by atoms with Crippen LogP contribution in [-0.4, -0.2) is 15.2 Å². The number of halogens is 3. The number of aromatic nitrogens is 1. The Kier molecular flexibility index (Phi) is 3.59. The monoisotopic (exact) mass is 328 g/mol. The summed E-state index contributed by atoms with van der Waals surface area (Å²) in [5.41, 5.74) is -1.92. The van der Waals surface area contributed by atoms with Crippen molar-refractivity contribution in [3.05, 3.63) is 57.0 Å². The van der Waals surface area contributed by atoms with Gasteiger partial charge in [0.25, 0.3) is 5.69 Å². The first kappa shape index (κ1) is 15.5. The van der Waals surface area contributed by atoms with Crippen LogP contribution in [0.25, 0.3) is 0 Å². The molecule has 1 aromatic carbocycles. The van der Waals surface area contributed by atoms with Crippen LogP contribution in [0, 0.1) is 10.1 Å². The van der Waals surface area contributed by atoms with Crippen molar-refractivity contribution in [1.82, 2.24) is 5.16 Å². The number of benzene rings is 1. The van der Waals surface area contributed by atoms with E-state index in [9.17, 15) is 28.4 Å². The molecule has 1 aromatic heterocycles. The van der Waals surface area contributed by atoms with Crippen molar-refractivity contribution < 1.29 is 27.7 Å². The lowest BCUT2D eigenvalue weighted by molar-refractivity contribution is -0.386. The van der Waals surface area contributed by atoms with Crippen molar-refractivity contribution in [3.8, 4) is 0 Å². The Hall–Kier alpha value is -2.42.